The number of benzene rings is 1. The van der Waals surface area contributed by atoms with E-state index in [1.54, 1.807) is 37.4 Å². The van der Waals surface area contributed by atoms with E-state index in [1.807, 2.05) is 0 Å². The van der Waals surface area contributed by atoms with Crippen molar-refractivity contribution in [3.63, 3.8) is 0 Å². The fourth-order valence-corrected chi connectivity index (χ4v) is 4.16. The van der Waals surface area contributed by atoms with Gasteiger partial charge in [0.25, 0.3) is 0 Å². The summed E-state index contributed by atoms with van der Waals surface area (Å²) < 4.78 is 26.7. The van der Waals surface area contributed by atoms with Crippen LogP contribution in [0.4, 0.5) is 0 Å². The fraction of sp³-hybridized carbons (Fsp3) is 0.533. The van der Waals surface area contributed by atoms with Gasteiger partial charge in [0.15, 0.2) is 0 Å². The molecule has 0 bridgehead atoms. The zero-order valence-electron chi connectivity index (χ0n) is 12.3. The van der Waals surface area contributed by atoms with Crippen LogP contribution in [-0.2, 0) is 10.0 Å². The first kappa shape index (κ1) is 16.0. The Balaban J connectivity index is 2.29. The number of rotatable bonds is 3. The summed E-state index contributed by atoms with van der Waals surface area (Å²) in [5, 5.41) is 12.6. The van der Waals surface area contributed by atoms with E-state index in [-0.39, 0.29) is 10.9 Å². The Bertz CT molecular complexity index is 584. The number of hydrogen-bond acceptors (Lipinski definition) is 4. The molecule has 116 valence electrons. The molecule has 21 heavy (non-hydrogen) atoms. The minimum absolute atomic E-state index is 0.270. The molecule has 1 fully saturated rings. The Morgan fingerprint density at radius 1 is 1.14 bits per heavy atom. The first-order valence-electron chi connectivity index (χ1n) is 7.31. The van der Waals surface area contributed by atoms with Crippen LogP contribution in [0.3, 0.4) is 0 Å². The van der Waals surface area contributed by atoms with Gasteiger partial charge in [-0.25, -0.2) is 8.42 Å². The standard InChI is InChI=1S/C15H22N2O3S/c1-17(21(19,20)13-9-5-4-6-10-13)15-12-8-3-2-7-11-14(15)16-18/h4-6,9-10,15,18H,2-3,7-8,11-12H2,1H3/b16-14+. The van der Waals surface area contributed by atoms with Crippen LogP contribution in [0, 0.1) is 0 Å². The minimum atomic E-state index is -3.57. The topological polar surface area (TPSA) is 70.0 Å². The molecule has 1 aromatic carbocycles. The Labute approximate surface area is 126 Å². The van der Waals surface area contributed by atoms with Crippen molar-refractivity contribution in [1.29, 1.82) is 0 Å². The van der Waals surface area contributed by atoms with Crippen LogP contribution in [0.1, 0.15) is 38.5 Å². The quantitative estimate of drug-likeness (QED) is 0.689. The molecule has 1 aliphatic carbocycles. The molecule has 0 aliphatic heterocycles. The van der Waals surface area contributed by atoms with E-state index in [4.69, 9.17) is 0 Å². The zero-order valence-corrected chi connectivity index (χ0v) is 13.1. The molecule has 0 amide bonds. The van der Waals surface area contributed by atoms with Crippen molar-refractivity contribution in [2.45, 2.75) is 49.5 Å². The van der Waals surface area contributed by atoms with Gasteiger partial charge >= 0.3 is 0 Å². The zero-order chi connectivity index (χ0) is 15.3. The van der Waals surface area contributed by atoms with E-state index in [9.17, 15) is 13.6 Å². The van der Waals surface area contributed by atoms with Gasteiger partial charge in [-0.1, -0.05) is 42.6 Å². The largest absolute Gasteiger partial charge is 0.411 e. The highest BCUT2D eigenvalue weighted by atomic mass is 32.2. The molecular formula is C15H22N2O3S. The number of hydrogen-bond donors (Lipinski definition) is 1. The second-order valence-corrected chi connectivity index (χ2v) is 7.39. The van der Waals surface area contributed by atoms with Crippen LogP contribution < -0.4 is 0 Å². The Morgan fingerprint density at radius 3 is 2.48 bits per heavy atom. The molecule has 1 unspecified atom stereocenters. The first-order chi connectivity index (χ1) is 10.1. The molecule has 5 nitrogen and oxygen atoms in total. The lowest BCUT2D eigenvalue weighted by Gasteiger charge is -2.29. The summed E-state index contributed by atoms with van der Waals surface area (Å²) in [5.74, 6) is 0. The highest BCUT2D eigenvalue weighted by molar-refractivity contribution is 7.89. The van der Waals surface area contributed by atoms with Crippen LogP contribution in [0.25, 0.3) is 0 Å². The summed E-state index contributed by atoms with van der Waals surface area (Å²) in [6.45, 7) is 0. The summed E-state index contributed by atoms with van der Waals surface area (Å²) >= 11 is 0. The van der Waals surface area contributed by atoms with Crippen molar-refractivity contribution >= 4 is 15.7 Å². The van der Waals surface area contributed by atoms with Crippen LogP contribution in [0.15, 0.2) is 40.4 Å². The molecule has 0 spiro atoms. The molecule has 0 saturated heterocycles. The highest BCUT2D eigenvalue weighted by Gasteiger charge is 2.31. The highest BCUT2D eigenvalue weighted by Crippen LogP contribution is 2.24. The van der Waals surface area contributed by atoms with E-state index >= 15 is 0 Å². The van der Waals surface area contributed by atoms with E-state index < -0.39 is 10.0 Å². The third kappa shape index (κ3) is 3.63. The predicted molar refractivity (Wildman–Crippen MR) is 82.1 cm³/mol. The van der Waals surface area contributed by atoms with Gasteiger partial charge in [-0.05, 0) is 31.4 Å². The summed E-state index contributed by atoms with van der Waals surface area (Å²) in [4.78, 5) is 0.270. The van der Waals surface area contributed by atoms with Crippen molar-refractivity contribution in [3.05, 3.63) is 30.3 Å². The molecule has 1 atom stereocenters. The van der Waals surface area contributed by atoms with Gasteiger partial charge in [-0.2, -0.15) is 4.31 Å². The first-order valence-corrected chi connectivity index (χ1v) is 8.75. The average molecular weight is 310 g/mol. The molecule has 2 rings (SSSR count). The van der Waals surface area contributed by atoms with Gasteiger partial charge in [0.05, 0.1) is 16.6 Å². The van der Waals surface area contributed by atoms with Crippen LogP contribution in [0.5, 0.6) is 0 Å². The summed E-state index contributed by atoms with van der Waals surface area (Å²) in [6.07, 6.45) is 5.42. The van der Waals surface area contributed by atoms with E-state index in [2.05, 4.69) is 5.16 Å². The molecular weight excluding hydrogens is 288 g/mol. The van der Waals surface area contributed by atoms with Crippen molar-refractivity contribution in [1.82, 2.24) is 4.31 Å². The number of oxime groups is 1. The van der Waals surface area contributed by atoms with Gasteiger partial charge in [-0.15, -0.1) is 0 Å². The molecule has 0 heterocycles. The van der Waals surface area contributed by atoms with Gasteiger partial charge in [-0.3, -0.25) is 0 Å². The minimum Gasteiger partial charge on any atom is -0.411 e. The maximum absolute atomic E-state index is 12.7. The Kier molecular flexibility index (Phi) is 5.36. The third-order valence-electron chi connectivity index (χ3n) is 4.03. The third-order valence-corrected chi connectivity index (χ3v) is 5.91. The monoisotopic (exact) mass is 310 g/mol. The molecule has 0 radical (unpaired) electrons. The van der Waals surface area contributed by atoms with Crippen molar-refractivity contribution in [2.75, 3.05) is 7.05 Å². The molecule has 1 saturated carbocycles. The normalized spacial score (nSPS) is 23.0. The molecule has 6 heteroatoms. The molecule has 1 aliphatic rings. The van der Waals surface area contributed by atoms with Crippen LogP contribution in [0.2, 0.25) is 0 Å². The van der Waals surface area contributed by atoms with Crippen LogP contribution in [-0.4, -0.2) is 36.7 Å². The predicted octanol–water partition coefficient (Wildman–Crippen LogP) is 2.86. The van der Waals surface area contributed by atoms with Crippen LogP contribution >= 0.6 is 0 Å². The lowest BCUT2D eigenvalue weighted by atomic mass is 9.95. The summed E-state index contributed by atoms with van der Waals surface area (Å²) in [6, 6.07) is 8.02. The van der Waals surface area contributed by atoms with E-state index in [1.165, 1.54) is 4.31 Å². The summed E-state index contributed by atoms with van der Waals surface area (Å²) in [5.41, 5.74) is 0.566. The fourth-order valence-electron chi connectivity index (χ4n) is 2.77. The SMILES string of the molecule is CN(C1CCCCCC/C1=N\O)S(=O)(=O)c1ccccc1. The Morgan fingerprint density at radius 2 is 1.81 bits per heavy atom. The molecule has 1 aromatic rings. The van der Waals surface area contributed by atoms with E-state index in [0.717, 1.165) is 25.7 Å². The van der Waals surface area contributed by atoms with Crippen molar-refractivity contribution < 1.29 is 13.6 Å². The van der Waals surface area contributed by atoms with Crippen molar-refractivity contribution in [2.24, 2.45) is 5.16 Å². The number of sulfonamides is 1. The lowest BCUT2D eigenvalue weighted by Crippen LogP contribution is -2.42. The summed E-state index contributed by atoms with van der Waals surface area (Å²) in [7, 11) is -2.00. The molecule has 1 N–H and O–H groups in total. The maximum Gasteiger partial charge on any atom is 0.243 e. The van der Waals surface area contributed by atoms with Crippen molar-refractivity contribution in [3.8, 4) is 0 Å². The van der Waals surface area contributed by atoms with Gasteiger partial charge in [0.2, 0.25) is 10.0 Å². The average Bonchev–Trinajstić information content (AvgIpc) is 2.47. The second kappa shape index (κ2) is 7.04. The smallest absolute Gasteiger partial charge is 0.243 e. The number of nitrogens with zero attached hydrogens (tertiary/aromatic N) is 2. The van der Waals surface area contributed by atoms with Gasteiger partial charge < -0.3 is 5.21 Å². The van der Waals surface area contributed by atoms with E-state index in [0.29, 0.717) is 18.6 Å². The molecule has 0 aromatic heterocycles. The maximum atomic E-state index is 12.7. The second-order valence-electron chi connectivity index (χ2n) is 5.39. The Hall–Kier alpha value is -1.40. The van der Waals surface area contributed by atoms with Gasteiger partial charge in [0.1, 0.15) is 0 Å². The van der Waals surface area contributed by atoms with Gasteiger partial charge in [0, 0.05) is 7.05 Å². The lowest BCUT2D eigenvalue weighted by molar-refractivity contribution is 0.304.